The minimum atomic E-state index is -0.183. The molecule has 0 bridgehead atoms. The maximum atomic E-state index is 12.5. The number of H-pyrrole nitrogens is 1. The summed E-state index contributed by atoms with van der Waals surface area (Å²) < 4.78 is 3.85. The third-order valence-electron chi connectivity index (χ3n) is 4.65. The van der Waals surface area contributed by atoms with E-state index in [1.165, 1.54) is 0 Å². The van der Waals surface area contributed by atoms with E-state index in [9.17, 15) is 4.79 Å². The molecule has 1 aromatic carbocycles. The monoisotopic (exact) mass is 347 g/mol. The van der Waals surface area contributed by atoms with Gasteiger partial charge < -0.3 is 9.47 Å². The van der Waals surface area contributed by atoms with Crippen molar-refractivity contribution in [1.82, 2.24) is 29.3 Å². The molecular weight excluding hydrogens is 330 g/mol. The van der Waals surface area contributed by atoms with Crippen LogP contribution in [0.3, 0.4) is 0 Å². The molecule has 8 heteroatoms. The van der Waals surface area contributed by atoms with Crippen LogP contribution >= 0.6 is 0 Å². The number of anilines is 1. The SMILES string of the molecule is Cc1cn2c(n1)CN(c1nc3c(cnn3-c3ccccc3)c(=O)[nH]1)CC2. The highest BCUT2D eigenvalue weighted by molar-refractivity contribution is 5.76. The van der Waals surface area contributed by atoms with Crippen molar-refractivity contribution in [2.75, 3.05) is 11.4 Å². The van der Waals surface area contributed by atoms with Crippen molar-refractivity contribution in [2.24, 2.45) is 0 Å². The minimum Gasteiger partial charge on any atom is -0.333 e. The second kappa shape index (κ2) is 5.55. The van der Waals surface area contributed by atoms with Crippen molar-refractivity contribution in [3.8, 4) is 5.69 Å². The fourth-order valence-corrected chi connectivity index (χ4v) is 3.39. The maximum absolute atomic E-state index is 12.5. The fraction of sp³-hybridized carbons (Fsp3) is 0.222. The second-order valence-corrected chi connectivity index (χ2v) is 6.43. The van der Waals surface area contributed by atoms with Gasteiger partial charge in [-0.1, -0.05) is 18.2 Å². The summed E-state index contributed by atoms with van der Waals surface area (Å²) in [6, 6.07) is 9.69. The van der Waals surface area contributed by atoms with Crippen LogP contribution in [0.15, 0.2) is 47.5 Å². The smallest absolute Gasteiger partial charge is 0.263 e. The Bertz CT molecular complexity index is 1160. The normalized spacial score (nSPS) is 14.0. The first-order valence-corrected chi connectivity index (χ1v) is 8.50. The number of fused-ring (bicyclic) bond motifs is 2. The third kappa shape index (κ3) is 2.30. The molecule has 0 unspecified atom stereocenters. The number of hydrogen-bond donors (Lipinski definition) is 1. The first-order chi connectivity index (χ1) is 12.7. The van der Waals surface area contributed by atoms with Crippen LogP contribution < -0.4 is 10.5 Å². The van der Waals surface area contributed by atoms with Gasteiger partial charge >= 0.3 is 0 Å². The van der Waals surface area contributed by atoms with Crippen molar-refractivity contribution in [3.05, 3.63) is 64.6 Å². The predicted octanol–water partition coefficient (Wildman–Crippen LogP) is 1.63. The van der Waals surface area contributed by atoms with Gasteiger partial charge in [0.25, 0.3) is 5.56 Å². The predicted molar refractivity (Wildman–Crippen MR) is 97.5 cm³/mol. The van der Waals surface area contributed by atoms with Crippen molar-refractivity contribution >= 4 is 17.0 Å². The summed E-state index contributed by atoms with van der Waals surface area (Å²) in [4.78, 5) is 26.7. The molecule has 0 spiro atoms. The van der Waals surface area contributed by atoms with E-state index in [0.29, 0.717) is 23.5 Å². The number of benzene rings is 1. The average molecular weight is 347 g/mol. The van der Waals surface area contributed by atoms with E-state index in [0.717, 1.165) is 30.3 Å². The molecule has 4 aromatic rings. The second-order valence-electron chi connectivity index (χ2n) is 6.43. The van der Waals surface area contributed by atoms with E-state index in [2.05, 4.69) is 25.8 Å². The molecular formula is C18H17N7O. The van der Waals surface area contributed by atoms with E-state index in [1.54, 1.807) is 10.9 Å². The van der Waals surface area contributed by atoms with Crippen LogP contribution in [0.2, 0.25) is 0 Å². The van der Waals surface area contributed by atoms with E-state index < -0.39 is 0 Å². The molecule has 0 saturated carbocycles. The van der Waals surface area contributed by atoms with E-state index in [1.807, 2.05) is 42.2 Å². The van der Waals surface area contributed by atoms with Gasteiger partial charge in [0.1, 0.15) is 11.2 Å². The van der Waals surface area contributed by atoms with Gasteiger partial charge in [0, 0.05) is 19.3 Å². The number of aromatic nitrogens is 6. The van der Waals surface area contributed by atoms with Crippen molar-refractivity contribution in [3.63, 3.8) is 0 Å². The Morgan fingerprint density at radius 2 is 1.96 bits per heavy atom. The molecule has 0 atom stereocenters. The van der Waals surface area contributed by atoms with Crippen LogP contribution in [-0.4, -0.2) is 35.8 Å². The van der Waals surface area contributed by atoms with Gasteiger partial charge in [-0.05, 0) is 19.1 Å². The van der Waals surface area contributed by atoms with Crippen LogP contribution in [0.5, 0.6) is 0 Å². The molecule has 130 valence electrons. The maximum Gasteiger partial charge on any atom is 0.263 e. The number of nitrogens with zero attached hydrogens (tertiary/aromatic N) is 6. The number of aromatic amines is 1. The van der Waals surface area contributed by atoms with Crippen LogP contribution in [0.4, 0.5) is 5.95 Å². The lowest BCUT2D eigenvalue weighted by Crippen LogP contribution is -2.35. The molecule has 0 radical (unpaired) electrons. The lowest BCUT2D eigenvalue weighted by atomic mass is 10.3. The largest absolute Gasteiger partial charge is 0.333 e. The summed E-state index contributed by atoms with van der Waals surface area (Å²) in [5.74, 6) is 1.53. The Kier molecular flexibility index (Phi) is 3.18. The van der Waals surface area contributed by atoms with Crippen LogP contribution in [0.25, 0.3) is 16.7 Å². The molecule has 0 aliphatic carbocycles. The zero-order valence-corrected chi connectivity index (χ0v) is 14.3. The van der Waals surface area contributed by atoms with Crippen molar-refractivity contribution < 1.29 is 0 Å². The molecule has 5 rings (SSSR count). The number of hydrogen-bond acceptors (Lipinski definition) is 5. The third-order valence-corrected chi connectivity index (χ3v) is 4.65. The molecule has 26 heavy (non-hydrogen) atoms. The molecule has 3 aromatic heterocycles. The van der Waals surface area contributed by atoms with Gasteiger partial charge in [-0.25, -0.2) is 9.67 Å². The summed E-state index contributed by atoms with van der Waals surface area (Å²) in [6.45, 7) is 4.18. The summed E-state index contributed by atoms with van der Waals surface area (Å²) in [5.41, 5.74) is 2.24. The standard InChI is InChI=1S/C18H17N7O/c1-12-10-23-7-8-24(11-15(23)20-12)18-21-16-14(17(26)22-18)9-19-25(16)13-5-3-2-4-6-13/h2-6,9-10H,7-8,11H2,1H3,(H,21,22,26). The van der Waals surface area contributed by atoms with Gasteiger partial charge in [0.15, 0.2) is 5.65 Å². The summed E-state index contributed by atoms with van der Waals surface area (Å²) >= 11 is 0. The van der Waals surface area contributed by atoms with Gasteiger partial charge in [-0.15, -0.1) is 0 Å². The molecule has 4 heterocycles. The van der Waals surface area contributed by atoms with E-state index >= 15 is 0 Å². The summed E-state index contributed by atoms with van der Waals surface area (Å²) in [6.07, 6.45) is 3.61. The average Bonchev–Trinajstić information content (AvgIpc) is 3.24. The van der Waals surface area contributed by atoms with Gasteiger partial charge in [-0.3, -0.25) is 9.78 Å². The molecule has 1 N–H and O–H groups in total. The van der Waals surface area contributed by atoms with Gasteiger partial charge in [-0.2, -0.15) is 10.1 Å². The lowest BCUT2D eigenvalue weighted by molar-refractivity contribution is 0.551. The molecule has 1 aliphatic rings. The topological polar surface area (TPSA) is 84.6 Å². The quantitative estimate of drug-likeness (QED) is 0.596. The highest BCUT2D eigenvalue weighted by Crippen LogP contribution is 2.20. The minimum absolute atomic E-state index is 0.183. The number of rotatable bonds is 2. The zero-order chi connectivity index (χ0) is 17.7. The Balaban J connectivity index is 1.60. The Hall–Kier alpha value is -3.42. The number of nitrogens with one attached hydrogen (secondary N) is 1. The highest BCUT2D eigenvalue weighted by atomic mass is 16.1. The Morgan fingerprint density at radius 3 is 2.81 bits per heavy atom. The first-order valence-electron chi connectivity index (χ1n) is 8.50. The molecule has 0 fully saturated rings. The van der Waals surface area contributed by atoms with E-state index in [-0.39, 0.29) is 5.56 Å². The van der Waals surface area contributed by atoms with Crippen LogP contribution in [0, 0.1) is 6.92 Å². The summed E-state index contributed by atoms with van der Waals surface area (Å²) in [7, 11) is 0. The summed E-state index contributed by atoms with van der Waals surface area (Å²) in [5, 5.41) is 4.83. The Morgan fingerprint density at radius 1 is 1.12 bits per heavy atom. The fourth-order valence-electron chi connectivity index (χ4n) is 3.39. The first kappa shape index (κ1) is 14.9. The van der Waals surface area contributed by atoms with Gasteiger partial charge in [0.05, 0.1) is 24.1 Å². The van der Waals surface area contributed by atoms with Crippen LogP contribution in [-0.2, 0) is 13.1 Å². The number of imidazole rings is 1. The highest BCUT2D eigenvalue weighted by Gasteiger charge is 2.21. The molecule has 1 aliphatic heterocycles. The Labute approximate surface area is 148 Å². The van der Waals surface area contributed by atoms with Crippen molar-refractivity contribution in [2.45, 2.75) is 20.0 Å². The molecule has 0 amide bonds. The van der Waals surface area contributed by atoms with Gasteiger partial charge in [0.2, 0.25) is 5.95 Å². The van der Waals surface area contributed by atoms with E-state index in [4.69, 9.17) is 4.98 Å². The molecule has 8 nitrogen and oxygen atoms in total. The number of para-hydroxylation sites is 1. The lowest BCUT2D eigenvalue weighted by Gasteiger charge is -2.27. The number of aryl methyl sites for hydroxylation is 1. The van der Waals surface area contributed by atoms with Crippen molar-refractivity contribution in [1.29, 1.82) is 0 Å². The van der Waals surface area contributed by atoms with Crippen LogP contribution in [0.1, 0.15) is 11.5 Å². The molecule has 0 saturated heterocycles. The zero-order valence-electron chi connectivity index (χ0n) is 14.3.